The summed E-state index contributed by atoms with van der Waals surface area (Å²) in [6, 6.07) is 141. The highest BCUT2D eigenvalue weighted by molar-refractivity contribution is 8.00. The van der Waals surface area contributed by atoms with Crippen LogP contribution in [0.25, 0.3) is 55.6 Å². The fourth-order valence-electron chi connectivity index (χ4n) is 17.1. The zero-order valence-corrected chi connectivity index (χ0v) is 60.9. The standard InChI is InChI=1S/C100H72B2N4OS/c1-100(2,3)74-55-49-73(50-56-74)82-41-21-26-46-89(82)106-91-66-96-86(65-85(91)102-84-43-23-28-48-94(84)107-95-63-78(61-92(106)98(95)102)103(76-57-51-69(52-58-76)67-29-9-4-10-30-67)87-44-24-19-39-80(87)71-33-13-6-14-34-71)101-83-42-22-27-47-90(83)105(75-37-17-8-18-38-75)93-62-79(64-97(108-96)99(93)101)104(77-59-53-70(54-60-77)68-31-11-5-12-32-68)88-45-25-20-40-81(88)72-35-15-7-16-36-72/h4-66H,1-3H3. The summed E-state index contributed by atoms with van der Waals surface area (Å²) in [5, 5.41) is 0. The van der Waals surface area contributed by atoms with Gasteiger partial charge in [-0.25, -0.2) is 0 Å². The van der Waals surface area contributed by atoms with Crippen LogP contribution in [0.3, 0.4) is 0 Å². The van der Waals surface area contributed by atoms with Gasteiger partial charge < -0.3 is 24.3 Å². The van der Waals surface area contributed by atoms with E-state index in [0.717, 1.165) is 135 Å². The van der Waals surface area contributed by atoms with Crippen molar-refractivity contribution in [2.24, 2.45) is 0 Å². The van der Waals surface area contributed by atoms with Crippen LogP contribution in [0.1, 0.15) is 26.3 Å². The Labute approximate surface area is 637 Å². The minimum Gasteiger partial charge on any atom is -0.458 e. The first-order chi connectivity index (χ1) is 53.2. The molecule has 108 heavy (non-hydrogen) atoms. The van der Waals surface area contributed by atoms with E-state index in [4.69, 9.17) is 4.74 Å². The fourth-order valence-corrected chi connectivity index (χ4v) is 18.3. The van der Waals surface area contributed by atoms with Crippen LogP contribution >= 0.6 is 11.8 Å². The summed E-state index contributed by atoms with van der Waals surface area (Å²) in [5.41, 5.74) is 32.9. The van der Waals surface area contributed by atoms with Crippen LogP contribution in [0.4, 0.5) is 68.2 Å². The van der Waals surface area contributed by atoms with E-state index in [0.29, 0.717) is 0 Å². The van der Waals surface area contributed by atoms with Crippen LogP contribution in [-0.4, -0.2) is 13.4 Å². The average molecular weight is 1400 g/mol. The predicted molar refractivity (Wildman–Crippen MR) is 457 cm³/mol. The third-order valence-corrected chi connectivity index (χ3v) is 23.2. The number of hydrogen-bond donors (Lipinski definition) is 0. The first kappa shape index (κ1) is 64.6. The first-order valence-corrected chi connectivity index (χ1v) is 38.2. The van der Waals surface area contributed by atoms with E-state index in [1.165, 1.54) is 48.3 Å². The number of fused-ring (bicyclic) bond motifs is 8. The molecule has 0 amide bonds. The van der Waals surface area contributed by atoms with Gasteiger partial charge in [-0.15, -0.1) is 0 Å². The summed E-state index contributed by atoms with van der Waals surface area (Å²) in [7, 11) is 0. The number of rotatable bonds is 13. The minimum absolute atomic E-state index is 0.0316. The van der Waals surface area contributed by atoms with Crippen molar-refractivity contribution in [1.82, 2.24) is 0 Å². The maximum Gasteiger partial charge on any atom is 0.256 e. The van der Waals surface area contributed by atoms with Crippen LogP contribution in [0.5, 0.6) is 11.5 Å². The van der Waals surface area contributed by atoms with Gasteiger partial charge in [-0.1, -0.05) is 323 Å². The van der Waals surface area contributed by atoms with E-state index < -0.39 is 0 Å². The monoisotopic (exact) mass is 1400 g/mol. The van der Waals surface area contributed by atoms with Gasteiger partial charge in [-0.3, -0.25) is 0 Å². The second-order valence-electron chi connectivity index (χ2n) is 29.5. The molecule has 16 aromatic rings. The number of anilines is 12. The molecule has 0 saturated heterocycles. The van der Waals surface area contributed by atoms with Gasteiger partial charge in [0.2, 0.25) is 6.71 Å². The number of nitrogens with zero attached hydrogens (tertiary/aromatic N) is 4. The molecule has 4 aliphatic rings. The third-order valence-electron chi connectivity index (χ3n) is 22.1. The first-order valence-electron chi connectivity index (χ1n) is 37.4. The molecular weight excluding hydrogens is 1330 g/mol. The number of ether oxygens (including phenoxy) is 1. The molecule has 0 saturated carbocycles. The summed E-state index contributed by atoms with van der Waals surface area (Å²) in [6.07, 6.45) is 0. The van der Waals surface area contributed by atoms with Crippen molar-refractivity contribution in [2.45, 2.75) is 36.0 Å². The van der Waals surface area contributed by atoms with E-state index in [1.807, 2.05) is 11.8 Å². The molecule has 510 valence electrons. The largest absolute Gasteiger partial charge is 0.458 e. The van der Waals surface area contributed by atoms with Gasteiger partial charge in [-0.2, -0.15) is 0 Å². The third kappa shape index (κ3) is 11.1. The molecule has 4 heterocycles. The van der Waals surface area contributed by atoms with Crippen LogP contribution in [0.15, 0.2) is 392 Å². The van der Waals surface area contributed by atoms with E-state index in [1.54, 1.807) is 0 Å². The summed E-state index contributed by atoms with van der Waals surface area (Å²) >= 11 is 1.90. The van der Waals surface area contributed by atoms with E-state index in [9.17, 15) is 0 Å². The Morgan fingerprint density at radius 2 is 0.713 bits per heavy atom. The van der Waals surface area contributed by atoms with Crippen LogP contribution in [-0.2, 0) is 5.41 Å². The highest BCUT2D eigenvalue weighted by atomic mass is 32.2. The number of para-hydroxylation sites is 6. The normalized spacial score (nSPS) is 12.7. The van der Waals surface area contributed by atoms with Gasteiger partial charge in [0.1, 0.15) is 11.5 Å². The van der Waals surface area contributed by atoms with E-state index in [-0.39, 0.29) is 18.8 Å². The molecule has 5 nitrogen and oxygen atoms in total. The molecule has 0 aromatic heterocycles. The minimum atomic E-state index is -0.224. The summed E-state index contributed by atoms with van der Waals surface area (Å²) < 4.78 is 7.55. The molecule has 0 N–H and O–H groups in total. The molecular formula is C100H72B2N4OS. The van der Waals surface area contributed by atoms with Crippen molar-refractivity contribution in [3.05, 3.63) is 388 Å². The van der Waals surface area contributed by atoms with Gasteiger partial charge in [0, 0.05) is 78.0 Å². The molecule has 20 rings (SSSR count). The second kappa shape index (κ2) is 26.5. The highest BCUT2D eigenvalue weighted by Crippen LogP contribution is 2.53. The second-order valence-corrected chi connectivity index (χ2v) is 30.6. The van der Waals surface area contributed by atoms with Gasteiger partial charge in [-0.05, 0) is 168 Å². The molecule has 0 spiro atoms. The van der Waals surface area contributed by atoms with E-state index >= 15 is 0 Å². The van der Waals surface area contributed by atoms with Crippen molar-refractivity contribution >= 4 is 126 Å². The van der Waals surface area contributed by atoms with Gasteiger partial charge in [0.15, 0.2) is 0 Å². The Bertz CT molecular complexity index is 6120. The van der Waals surface area contributed by atoms with Crippen LogP contribution in [0.2, 0.25) is 0 Å². The van der Waals surface area contributed by atoms with Crippen molar-refractivity contribution in [2.75, 3.05) is 19.6 Å². The number of hydrogen-bond acceptors (Lipinski definition) is 6. The lowest BCUT2D eigenvalue weighted by Gasteiger charge is -2.44. The average Bonchev–Trinajstić information content (AvgIpc) is 0.691. The molecule has 4 aliphatic heterocycles. The Balaban J connectivity index is 0.847. The lowest BCUT2D eigenvalue weighted by molar-refractivity contribution is 0.487. The van der Waals surface area contributed by atoms with Crippen molar-refractivity contribution < 1.29 is 4.74 Å². The van der Waals surface area contributed by atoms with Crippen molar-refractivity contribution in [1.29, 1.82) is 0 Å². The highest BCUT2D eigenvalue weighted by Gasteiger charge is 2.47. The summed E-state index contributed by atoms with van der Waals surface area (Å²) in [4.78, 5) is 12.5. The van der Waals surface area contributed by atoms with Gasteiger partial charge in [0.25, 0.3) is 6.71 Å². The molecule has 0 unspecified atom stereocenters. The Morgan fingerprint density at radius 1 is 0.278 bits per heavy atom. The van der Waals surface area contributed by atoms with Crippen molar-refractivity contribution in [3.63, 3.8) is 0 Å². The molecule has 0 aliphatic carbocycles. The maximum atomic E-state index is 7.55. The van der Waals surface area contributed by atoms with Gasteiger partial charge in [0.05, 0.1) is 22.7 Å². The maximum absolute atomic E-state index is 7.55. The topological polar surface area (TPSA) is 22.2 Å². The predicted octanol–water partition coefficient (Wildman–Crippen LogP) is 23.4. The molecule has 0 fully saturated rings. The Kier molecular flexibility index (Phi) is 15.9. The molecule has 16 aromatic carbocycles. The number of benzene rings is 16. The fraction of sp³-hybridized carbons (Fsp3) is 0.0400. The zero-order valence-electron chi connectivity index (χ0n) is 60.1. The van der Waals surface area contributed by atoms with Gasteiger partial charge >= 0.3 is 0 Å². The SMILES string of the molecule is CC(C)(C)c1ccc(-c2ccccc2N2c3cc4c(cc3B3c5ccccc5Oc5cc(N(c6ccc(-c7ccccc7)cc6)c6ccccc6-c6ccccc6)cc2c53)B2c3ccccc3N(c3ccccc3)c3cc(N(c5ccc(-c6ccccc6)cc5)c5ccccc5-c5ccccc5)cc(c32)S4)cc1. The molecule has 8 heteroatoms. The van der Waals surface area contributed by atoms with E-state index in [2.05, 4.69) is 423 Å². The molecule has 0 radical (unpaired) electrons. The lowest BCUT2D eigenvalue weighted by Crippen LogP contribution is -2.63. The Morgan fingerprint density at radius 3 is 1.29 bits per heavy atom. The lowest BCUT2D eigenvalue weighted by atomic mass is 9.31. The Hall–Kier alpha value is -13.0. The van der Waals surface area contributed by atoms with Crippen LogP contribution in [0, 0.1) is 0 Å². The smallest absolute Gasteiger partial charge is 0.256 e. The molecule has 0 bridgehead atoms. The van der Waals surface area contributed by atoms with Crippen molar-refractivity contribution in [3.8, 4) is 67.1 Å². The molecule has 0 atom stereocenters. The summed E-state index contributed by atoms with van der Waals surface area (Å²) in [6.45, 7) is 6.51. The van der Waals surface area contributed by atoms with Crippen LogP contribution < -0.4 is 57.1 Å². The quantitative estimate of drug-likeness (QED) is 0.107. The summed E-state index contributed by atoms with van der Waals surface area (Å²) in [5.74, 6) is 1.67. The zero-order chi connectivity index (χ0) is 72.0.